The van der Waals surface area contributed by atoms with Gasteiger partial charge in [0, 0.05) is 31.6 Å². The van der Waals surface area contributed by atoms with Crippen molar-refractivity contribution in [1.29, 1.82) is 5.26 Å². The SMILES string of the molecule is Cn1ncc2cc(N3CC[C@H](NC(=O)Cn4cnc(C#N)n4)C3)ncc21. The molecule has 1 aliphatic rings. The van der Waals surface area contributed by atoms with Gasteiger partial charge in [0.05, 0.1) is 17.9 Å². The quantitative estimate of drug-likeness (QED) is 0.693. The van der Waals surface area contributed by atoms with Gasteiger partial charge in [0.25, 0.3) is 5.82 Å². The van der Waals surface area contributed by atoms with Crippen molar-refractivity contribution in [2.45, 2.75) is 19.0 Å². The van der Waals surface area contributed by atoms with Crippen LogP contribution in [0.4, 0.5) is 5.82 Å². The van der Waals surface area contributed by atoms with E-state index in [4.69, 9.17) is 5.26 Å². The van der Waals surface area contributed by atoms with Gasteiger partial charge in [-0.3, -0.25) is 9.48 Å². The van der Waals surface area contributed by atoms with Gasteiger partial charge in [0.15, 0.2) is 0 Å². The zero-order chi connectivity index (χ0) is 18.1. The Hall–Kier alpha value is -3.48. The van der Waals surface area contributed by atoms with Crippen molar-refractivity contribution in [3.8, 4) is 6.07 Å². The van der Waals surface area contributed by atoms with E-state index >= 15 is 0 Å². The molecule has 1 aliphatic heterocycles. The number of hydrogen-bond acceptors (Lipinski definition) is 7. The summed E-state index contributed by atoms with van der Waals surface area (Å²) in [6.45, 7) is 1.57. The second-order valence-corrected chi connectivity index (χ2v) is 6.25. The van der Waals surface area contributed by atoms with E-state index in [0.29, 0.717) is 6.54 Å². The number of carbonyl (C=O) groups is 1. The van der Waals surface area contributed by atoms with E-state index in [0.717, 1.165) is 29.7 Å². The number of amides is 1. The Labute approximate surface area is 149 Å². The fraction of sp³-hybridized carbons (Fsp3) is 0.375. The van der Waals surface area contributed by atoms with E-state index in [2.05, 4.69) is 30.4 Å². The maximum atomic E-state index is 12.2. The predicted octanol–water partition coefficient (Wildman–Crippen LogP) is -0.173. The smallest absolute Gasteiger partial charge is 0.252 e. The van der Waals surface area contributed by atoms with Gasteiger partial charge in [0.1, 0.15) is 24.8 Å². The highest BCUT2D eigenvalue weighted by Gasteiger charge is 2.25. The average molecular weight is 351 g/mol. The van der Waals surface area contributed by atoms with Crippen molar-refractivity contribution in [2.24, 2.45) is 7.05 Å². The van der Waals surface area contributed by atoms with Gasteiger partial charge >= 0.3 is 0 Å². The third-order valence-electron chi connectivity index (χ3n) is 4.44. The molecule has 10 nitrogen and oxygen atoms in total. The second-order valence-electron chi connectivity index (χ2n) is 6.25. The molecule has 0 bridgehead atoms. The largest absolute Gasteiger partial charge is 0.354 e. The van der Waals surface area contributed by atoms with Crippen molar-refractivity contribution in [2.75, 3.05) is 18.0 Å². The summed E-state index contributed by atoms with van der Waals surface area (Å²) >= 11 is 0. The van der Waals surface area contributed by atoms with Crippen LogP contribution in [0.15, 0.2) is 24.8 Å². The fourth-order valence-electron chi connectivity index (χ4n) is 3.14. The number of pyridine rings is 1. The van der Waals surface area contributed by atoms with Gasteiger partial charge in [-0.2, -0.15) is 10.4 Å². The van der Waals surface area contributed by atoms with Crippen molar-refractivity contribution < 1.29 is 4.79 Å². The minimum atomic E-state index is -0.151. The van der Waals surface area contributed by atoms with Crippen LogP contribution in [0.5, 0.6) is 0 Å². The van der Waals surface area contributed by atoms with Crippen molar-refractivity contribution >= 4 is 22.6 Å². The third kappa shape index (κ3) is 3.06. The average Bonchev–Trinajstić information content (AvgIpc) is 3.35. The molecule has 1 N–H and O–H groups in total. The normalized spacial score (nSPS) is 16.8. The number of anilines is 1. The van der Waals surface area contributed by atoms with E-state index in [9.17, 15) is 4.79 Å². The van der Waals surface area contributed by atoms with E-state index in [1.54, 1.807) is 4.68 Å². The molecule has 1 saturated heterocycles. The van der Waals surface area contributed by atoms with Crippen LogP contribution in [0, 0.1) is 11.3 Å². The molecular weight excluding hydrogens is 334 g/mol. The van der Waals surface area contributed by atoms with Crippen LogP contribution in [0.2, 0.25) is 0 Å². The van der Waals surface area contributed by atoms with E-state index < -0.39 is 0 Å². The fourth-order valence-corrected chi connectivity index (χ4v) is 3.14. The third-order valence-corrected chi connectivity index (χ3v) is 4.44. The Morgan fingerprint density at radius 1 is 1.42 bits per heavy atom. The monoisotopic (exact) mass is 351 g/mol. The molecule has 132 valence electrons. The van der Waals surface area contributed by atoms with E-state index in [1.807, 2.05) is 31.6 Å². The zero-order valence-electron chi connectivity index (χ0n) is 14.2. The lowest BCUT2D eigenvalue weighted by Gasteiger charge is -2.18. The van der Waals surface area contributed by atoms with E-state index in [-0.39, 0.29) is 24.3 Å². The summed E-state index contributed by atoms with van der Waals surface area (Å²) in [5.41, 5.74) is 0.988. The summed E-state index contributed by atoms with van der Waals surface area (Å²) < 4.78 is 3.15. The molecule has 0 aliphatic carbocycles. The number of carbonyl (C=O) groups excluding carboxylic acids is 1. The number of nitriles is 1. The first kappa shape index (κ1) is 16.0. The van der Waals surface area contributed by atoms with Crippen LogP contribution in [0.3, 0.4) is 0 Å². The lowest BCUT2D eigenvalue weighted by Crippen LogP contribution is -2.39. The van der Waals surface area contributed by atoms with Gasteiger partial charge in [-0.15, -0.1) is 5.10 Å². The molecular formula is C16H17N9O. The topological polar surface area (TPSA) is 118 Å². The van der Waals surface area contributed by atoms with Crippen LogP contribution in [0.25, 0.3) is 10.9 Å². The van der Waals surface area contributed by atoms with Gasteiger partial charge in [0.2, 0.25) is 5.91 Å². The summed E-state index contributed by atoms with van der Waals surface area (Å²) in [6.07, 6.45) is 5.87. The molecule has 1 fully saturated rings. The van der Waals surface area contributed by atoms with Crippen LogP contribution in [-0.2, 0) is 18.4 Å². The maximum Gasteiger partial charge on any atom is 0.252 e. The summed E-state index contributed by atoms with van der Waals surface area (Å²) in [5.74, 6) is 0.792. The first-order valence-corrected chi connectivity index (χ1v) is 8.24. The lowest BCUT2D eigenvalue weighted by molar-refractivity contribution is -0.122. The molecule has 0 aromatic carbocycles. The minimum absolute atomic E-state index is 0.0467. The van der Waals surface area contributed by atoms with Gasteiger partial charge in [-0.1, -0.05) is 0 Å². The molecule has 10 heteroatoms. The van der Waals surface area contributed by atoms with Crippen LogP contribution in [-0.4, -0.2) is 54.6 Å². The van der Waals surface area contributed by atoms with Crippen LogP contribution in [0.1, 0.15) is 12.2 Å². The molecule has 1 atom stereocenters. The minimum Gasteiger partial charge on any atom is -0.354 e. The number of nitrogens with zero attached hydrogens (tertiary/aromatic N) is 8. The summed E-state index contributed by atoms with van der Waals surface area (Å²) in [4.78, 5) is 22.6. The number of nitrogens with one attached hydrogen (secondary N) is 1. The molecule has 1 amide bonds. The van der Waals surface area contributed by atoms with Gasteiger partial charge in [-0.05, 0) is 12.5 Å². The molecule has 3 aromatic heterocycles. The summed E-state index contributed by atoms with van der Waals surface area (Å²) in [5, 5.41) is 20.9. The Kier molecular flexibility index (Phi) is 3.96. The van der Waals surface area contributed by atoms with Crippen molar-refractivity contribution in [3.63, 3.8) is 0 Å². The first-order valence-electron chi connectivity index (χ1n) is 8.24. The Balaban J connectivity index is 1.36. The molecule has 0 spiro atoms. The van der Waals surface area contributed by atoms with Crippen LogP contribution >= 0.6 is 0 Å². The van der Waals surface area contributed by atoms with Gasteiger partial charge < -0.3 is 10.2 Å². The molecule has 4 rings (SSSR count). The molecule has 4 heterocycles. The maximum absolute atomic E-state index is 12.2. The van der Waals surface area contributed by atoms with E-state index in [1.165, 1.54) is 11.0 Å². The molecule has 0 unspecified atom stereocenters. The lowest BCUT2D eigenvalue weighted by atomic mass is 10.2. The zero-order valence-corrected chi connectivity index (χ0v) is 14.2. The highest BCUT2D eigenvalue weighted by atomic mass is 16.2. The highest BCUT2D eigenvalue weighted by Crippen LogP contribution is 2.22. The molecule has 26 heavy (non-hydrogen) atoms. The summed E-state index contributed by atoms with van der Waals surface area (Å²) in [6, 6.07) is 3.91. The Morgan fingerprint density at radius 2 is 2.31 bits per heavy atom. The van der Waals surface area contributed by atoms with Crippen LogP contribution < -0.4 is 10.2 Å². The van der Waals surface area contributed by atoms with Gasteiger partial charge in [-0.25, -0.2) is 14.6 Å². The molecule has 0 radical (unpaired) electrons. The standard InChI is InChI=1S/C16H17N9O/c1-23-13-7-18-15(4-11(13)6-20-23)24-3-2-12(8-24)21-16(26)9-25-10-19-14(5-17)22-25/h4,6-7,10,12H,2-3,8-9H2,1H3,(H,21,26)/t12-/m0/s1. The predicted molar refractivity (Wildman–Crippen MR) is 92.0 cm³/mol. The Bertz CT molecular complexity index is 999. The molecule has 3 aromatic rings. The number of hydrogen-bond donors (Lipinski definition) is 1. The first-order chi connectivity index (χ1) is 12.6. The van der Waals surface area contributed by atoms with Crippen molar-refractivity contribution in [3.05, 3.63) is 30.6 Å². The van der Waals surface area contributed by atoms with Crippen molar-refractivity contribution in [1.82, 2.24) is 34.8 Å². The molecule has 0 saturated carbocycles. The number of aryl methyl sites for hydroxylation is 1. The number of aromatic nitrogens is 6. The Morgan fingerprint density at radius 3 is 3.12 bits per heavy atom. The second kappa shape index (κ2) is 6.44. The number of fused-ring (bicyclic) bond motifs is 1. The number of rotatable bonds is 4. The highest BCUT2D eigenvalue weighted by molar-refractivity contribution is 5.80. The summed E-state index contributed by atoms with van der Waals surface area (Å²) in [7, 11) is 1.89.